The number of alkyl halides is 4. The standard InChI is InChI=1S/C26H28F4N6O2/c1-3-17-5-4-6-21(19(17)15-37)33-24-20(26(28,29)30)14-32-25(35-24)34-22-8-7-18(13-23(22)38-16(2)27)36-11-9-31-10-12-36/h4-8,13-16,31H,3,9-12H2,1-2H3,(H2,32,33,34,35). The van der Waals surface area contributed by atoms with E-state index in [1.165, 1.54) is 13.0 Å². The second kappa shape index (κ2) is 11.6. The number of aryl methyl sites for hydroxylation is 1. The van der Waals surface area contributed by atoms with Gasteiger partial charge < -0.3 is 25.6 Å². The lowest BCUT2D eigenvalue weighted by atomic mass is 10.0. The van der Waals surface area contributed by atoms with Crippen molar-refractivity contribution in [2.24, 2.45) is 0 Å². The summed E-state index contributed by atoms with van der Waals surface area (Å²) in [4.78, 5) is 21.7. The van der Waals surface area contributed by atoms with E-state index in [2.05, 4.69) is 30.8 Å². The van der Waals surface area contributed by atoms with Gasteiger partial charge in [0.05, 0.1) is 11.4 Å². The van der Waals surface area contributed by atoms with Gasteiger partial charge in [0, 0.05) is 56.6 Å². The topological polar surface area (TPSA) is 91.4 Å². The second-order valence-corrected chi connectivity index (χ2v) is 8.63. The molecule has 3 N–H and O–H groups in total. The number of nitrogens with one attached hydrogen (secondary N) is 3. The summed E-state index contributed by atoms with van der Waals surface area (Å²) < 4.78 is 60.5. The highest BCUT2D eigenvalue weighted by Gasteiger charge is 2.35. The zero-order valence-electron chi connectivity index (χ0n) is 20.9. The van der Waals surface area contributed by atoms with E-state index in [-0.39, 0.29) is 28.6 Å². The van der Waals surface area contributed by atoms with Crippen LogP contribution in [0.2, 0.25) is 0 Å². The molecule has 0 saturated carbocycles. The normalized spacial score (nSPS) is 14.6. The van der Waals surface area contributed by atoms with Crippen LogP contribution in [0.15, 0.2) is 42.6 Å². The predicted octanol–water partition coefficient (Wildman–Crippen LogP) is 5.46. The Kier molecular flexibility index (Phi) is 8.30. The summed E-state index contributed by atoms with van der Waals surface area (Å²) in [5.74, 6) is -0.552. The summed E-state index contributed by atoms with van der Waals surface area (Å²) in [7, 11) is 0. The van der Waals surface area contributed by atoms with Gasteiger partial charge in [0.1, 0.15) is 17.1 Å². The van der Waals surface area contributed by atoms with Gasteiger partial charge in [0.25, 0.3) is 0 Å². The average Bonchev–Trinajstić information content (AvgIpc) is 2.89. The van der Waals surface area contributed by atoms with E-state index >= 15 is 0 Å². The fourth-order valence-electron chi connectivity index (χ4n) is 4.17. The molecule has 12 heteroatoms. The fraction of sp³-hybridized carbons (Fsp3) is 0.346. The summed E-state index contributed by atoms with van der Waals surface area (Å²) >= 11 is 0. The van der Waals surface area contributed by atoms with Gasteiger partial charge in [-0.25, -0.2) is 9.37 Å². The third-order valence-corrected chi connectivity index (χ3v) is 6.03. The zero-order chi connectivity index (χ0) is 27.3. The van der Waals surface area contributed by atoms with Gasteiger partial charge in [-0.3, -0.25) is 4.79 Å². The van der Waals surface area contributed by atoms with Crippen molar-refractivity contribution < 1.29 is 27.1 Å². The molecule has 1 aliphatic heterocycles. The third-order valence-electron chi connectivity index (χ3n) is 6.03. The van der Waals surface area contributed by atoms with Crippen LogP contribution in [0.4, 0.5) is 46.4 Å². The van der Waals surface area contributed by atoms with E-state index in [9.17, 15) is 22.4 Å². The van der Waals surface area contributed by atoms with E-state index < -0.39 is 23.9 Å². The lowest BCUT2D eigenvalue weighted by molar-refractivity contribution is -0.137. The molecular weight excluding hydrogens is 504 g/mol. The number of aldehydes is 1. The van der Waals surface area contributed by atoms with Gasteiger partial charge in [-0.05, 0) is 30.2 Å². The van der Waals surface area contributed by atoms with Crippen LogP contribution in [-0.4, -0.2) is 48.8 Å². The lowest BCUT2D eigenvalue weighted by Crippen LogP contribution is -2.43. The first-order chi connectivity index (χ1) is 18.2. The molecule has 0 amide bonds. The van der Waals surface area contributed by atoms with E-state index in [1.54, 1.807) is 30.3 Å². The average molecular weight is 533 g/mol. The molecule has 0 aliphatic carbocycles. The Morgan fingerprint density at radius 3 is 2.58 bits per heavy atom. The van der Waals surface area contributed by atoms with E-state index in [4.69, 9.17) is 4.74 Å². The number of aromatic nitrogens is 2. The number of halogens is 4. The van der Waals surface area contributed by atoms with Crippen molar-refractivity contribution in [2.75, 3.05) is 41.7 Å². The van der Waals surface area contributed by atoms with Crippen molar-refractivity contribution in [3.8, 4) is 5.75 Å². The molecule has 202 valence electrons. The molecule has 38 heavy (non-hydrogen) atoms. The number of carbonyl (C=O) groups excluding carboxylic acids is 1. The maximum Gasteiger partial charge on any atom is 0.421 e. The van der Waals surface area contributed by atoms with Crippen molar-refractivity contribution in [1.29, 1.82) is 0 Å². The Morgan fingerprint density at radius 1 is 1.16 bits per heavy atom. The number of carbonyl (C=O) groups is 1. The van der Waals surface area contributed by atoms with Crippen LogP contribution in [0, 0.1) is 0 Å². The van der Waals surface area contributed by atoms with Gasteiger partial charge in [0.15, 0.2) is 6.29 Å². The van der Waals surface area contributed by atoms with Crippen LogP contribution in [0.25, 0.3) is 0 Å². The Bertz CT molecular complexity index is 1280. The van der Waals surface area contributed by atoms with Crippen LogP contribution < -0.4 is 25.6 Å². The molecular formula is C26H28F4N6O2. The predicted molar refractivity (Wildman–Crippen MR) is 138 cm³/mol. The summed E-state index contributed by atoms with van der Waals surface area (Å²) in [6.45, 7) is 6.20. The first kappa shape index (κ1) is 27.1. The third kappa shape index (κ3) is 6.31. The minimum Gasteiger partial charge on any atom is -0.458 e. The Morgan fingerprint density at radius 2 is 1.92 bits per heavy atom. The molecule has 1 aliphatic rings. The molecule has 1 fully saturated rings. The molecule has 4 rings (SSSR count). The Labute approximate surface area is 217 Å². The molecule has 0 bridgehead atoms. The second-order valence-electron chi connectivity index (χ2n) is 8.63. The number of rotatable bonds is 9. The molecule has 0 spiro atoms. The first-order valence-corrected chi connectivity index (χ1v) is 12.2. The van der Waals surface area contributed by atoms with Gasteiger partial charge in [-0.2, -0.15) is 18.2 Å². The van der Waals surface area contributed by atoms with Gasteiger partial charge >= 0.3 is 6.18 Å². The zero-order valence-corrected chi connectivity index (χ0v) is 20.9. The monoisotopic (exact) mass is 532 g/mol. The minimum atomic E-state index is -4.76. The molecule has 0 radical (unpaired) electrons. The fourth-order valence-corrected chi connectivity index (χ4v) is 4.17. The van der Waals surface area contributed by atoms with Crippen LogP contribution in [0.1, 0.15) is 35.3 Å². The van der Waals surface area contributed by atoms with Crippen LogP contribution >= 0.6 is 0 Å². The van der Waals surface area contributed by atoms with E-state index in [0.29, 0.717) is 24.5 Å². The van der Waals surface area contributed by atoms with Crippen molar-refractivity contribution in [2.45, 2.75) is 32.8 Å². The van der Waals surface area contributed by atoms with Crippen molar-refractivity contribution in [3.63, 3.8) is 0 Å². The van der Waals surface area contributed by atoms with E-state index in [1.807, 2.05) is 6.92 Å². The number of piperazine rings is 1. The van der Waals surface area contributed by atoms with Crippen molar-refractivity contribution in [3.05, 3.63) is 59.3 Å². The summed E-state index contributed by atoms with van der Waals surface area (Å²) in [6.07, 6.45) is -4.63. The lowest BCUT2D eigenvalue weighted by Gasteiger charge is -2.30. The smallest absolute Gasteiger partial charge is 0.421 e. The molecule has 8 nitrogen and oxygen atoms in total. The van der Waals surface area contributed by atoms with Crippen LogP contribution in [-0.2, 0) is 12.6 Å². The Hall–Kier alpha value is -3.93. The molecule has 1 atom stereocenters. The number of anilines is 5. The number of hydrogen-bond acceptors (Lipinski definition) is 8. The van der Waals surface area contributed by atoms with Crippen LogP contribution in [0.5, 0.6) is 5.75 Å². The molecule has 3 aromatic rings. The highest BCUT2D eigenvalue weighted by molar-refractivity contribution is 5.88. The largest absolute Gasteiger partial charge is 0.458 e. The highest BCUT2D eigenvalue weighted by atomic mass is 19.4. The summed E-state index contributed by atoms with van der Waals surface area (Å²) in [5.41, 5.74) is 1.10. The highest BCUT2D eigenvalue weighted by Crippen LogP contribution is 2.37. The van der Waals surface area contributed by atoms with E-state index in [0.717, 1.165) is 31.9 Å². The molecule has 1 unspecified atom stereocenters. The SMILES string of the molecule is CCc1cccc(Nc2nc(Nc3ccc(N4CCNCC4)cc3OC(C)F)ncc2C(F)(F)F)c1C=O. The molecule has 1 aromatic heterocycles. The summed E-state index contributed by atoms with van der Waals surface area (Å²) in [5, 5.41) is 8.75. The van der Waals surface area contributed by atoms with Crippen LogP contribution in [0.3, 0.4) is 0 Å². The first-order valence-electron chi connectivity index (χ1n) is 12.2. The molecule has 1 saturated heterocycles. The summed E-state index contributed by atoms with van der Waals surface area (Å²) in [6, 6.07) is 9.98. The van der Waals surface area contributed by atoms with Gasteiger partial charge in [-0.15, -0.1) is 0 Å². The Balaban J connectivity index is 1.69. The quantitative estimate of drug-likeness (QED) is 0.247. The maximum absolute atomic E-state index is 13.8. The number of benzene rings is 2. The number of hydrogen-bond donors (Lipinski definition) is 3. The van der Waals surface area contributed by atoms with Crippen molar-refractivity contribution in [1.82, 2.24) is 15.3 Å². The number of ether oxygens (including phenoxy) is 1. The molecule has 2 aromatic carbocycles. The van der Waals surface area contributed by atoms with Gasteiger partial charge in [0.2, 0.25) is 12.3 Å². The van der Waals surface area contributed by atoms with Crippen molar-refractivity contribution >= 4 is 35.1 Å². The number of nitrogens with zero attached hydrogens (tertiary/aromatic N) is 3. The maximum atomic E-state index is 13.8. The molecule has 2 heterocycles. The van der Waals surface area contributed by atoms with Gasteiger partial charge in [-0.1, -0.05) is 19.1 Å². The minimum absolute atomic E-state index is 0.160.